The molecule has 0 saturated carbocycles. The normalized spacial score (nSPS) is 26.7. The molecule has 2 atom stereocenters. The molecule has 1 aliphatic heterocycles. The van der Waals surface area contributed by atoms with E-state index in [1.807, 2.05) is 26.0 Å². The van der Waals surface area contributed by atoms with Gasteiger partial charge in [0.05, 0.1) is 26.4 Å². The van der Waals surface area contributed by atoms with Crippen LogP contribution >= 0.6 is 0 Å². The molecule has 0 radical (unpaired) electrons. The Morgan fingerprint density at radius 1 is 1.27 bits per heavy atom. The number of aromatic nitrogens is 3. The minimum atomic E-state index is -2.73. The summed E-state index contributed by atoms with van der Waals surface area (Å²) in [5.41, 5.74) is 1.30. The van der Waals surface area contributed by atoms with Crippen molar-refractivity contribution in [1.29, 1.82) is 0 Å². The zero-order chi connectivity index (χ0) is 21.5. The largest absolute Gasteiger partial charge is 0.341 e. The summed E-state index contributed by atoms with van der Waals surface area (Å²) >= 11 is 0. The van der Waals surface area contributed by atoms with Gasteiger partial charge in [-0.25, -0.2) is 9.19 Å². The Bertz CT molecular complexity index is 1170. The summed E-state index contributed by atoms with van der Waals surface area (Å²) in [5, 5.41) is 5.09. The Kier molecular flexibility index (Phi) is 5.25. The molecule has 1 fully saturated rings. The molecule has 2 aliphatic rings. The van der Waals surface area contributed by atoms with Gasteiger partial charge in [-0.2, -0.15) is 9.46 Å². The fourth-order valence-corrected chi connectivity index (χ4v) is 6.10. The molecule has 0 aromatic carbocycles. The van der Waals surface area contributed by atoms with Crippen LogP contribution in [0.5, 0.6) is 0 Å². The van der Waals surface area contributed by atoms with Crippen molar-refractivity contribution in [3.63, 3.8) is 0 Å². The third kappa shape index (κ3) is 3.78. The van der Waals surface area contributed by atoms with E-state index in [1.54, 1.807) is 22.7 Å². The number of hydrogen-bond donors (Lipinski definition) is 0. The van der Waals surface area contributed by atoms with Crippen LogP contribution in [-0.2, 0) is 21.6 Å². The molecule has 0 spiro atoms. The van der Waals surface area contributed by atoms with Crippen LogP contribution in [0.25, 0.3) is 11.0 Å². The van der Waals surface area contributed by atoms with Crippen molar-refractivity contribution >= 4 is 32.6 Å². The lowest BCUT2D eigenvalue weighted by Crippen LogP contribution is -2.42. The summed E-state index contributed by atoms with van der Waals surface area (Å²) in [6.45, 7) is 4.72. The van der Waals surface area contributed by atoms with Crippen molar-refractivity contribution in [2.24, 2.45) is 16.8 Å². The molecule has 0 bridgehead atoms. The van der Waals surface area contributed by atoms with Crippen molar-refractivity contribution in [2.45, 2.75) is 33.1 Å². The lowest BCUT2D eigenvalue weighted by atomic mass is 9.88. The summed E-state index contributed by atoms with van der Waals surface area (Å²) in [6, 6.07) is 1.71. The summed E-state index contributed by atoms with van der Waals surface area (Å²) in [4.78, 5) is 31.8. The van der Waals surface area contributed by atoms with Crippen molar-refractivity contribution in [2.75, 3.05) is 24.6 Å². The number of aryl methyl sites for hydroxylation is 2. The Balaban J connectivity index is 1.54. The van der Waals surface area contributed by atoms with E-state index in [0.717, 1.165) is 23.9 Å². The van der Waals surface area contributed by atoms with Crippen LogP contribution < -0.4 is 0 Å². The van der Waals surface area contributed by atoms with E-state index < -0.39 is 21.1 Å². The van der Waals surface area contributed by atoms with Gasteiger partial charge in [0.1, 0.15) is 0 Å². The maximum atomic E-state index is 13.3. The molecule has 2 unspecified atom stereocenters. The predicted molar refractivity (Wildman–Crippen MR) is 116 cm³/mol. The van der Waals surface area contributed by atoms with Gasteiger partial charge in [-0.1, -0.05) is 12.2 Å². The van der Waals surface area contributed by atoms with Gasteiger partial charge in [-0.3, -0.25) is 14.3 Å². The molecule has 9 heteroatoms. The van der Waals surface area contributed by atoms with Crippen LogP contribution in [0.1, 0.15) is 42.2 Å². The first-order valence-electron chi connectivity index (χ1n) is 10.2. The zero-order valence-corrected chi connectivity index (χ0v) is 18.4. The van der Waals surface area contributed by atoms with Gasteiger partial charge in [0.25, 0.3) is 5.91 Å². The van der Waals surface area contributed by atoms with Crippen LogP contribution in [0.4, 0.5) is 0 Å². The molecule has 2 amide bonds. The van der Waals surface area contributed by atoms with Crippen molar-refractivity contribution in [3.8, 4) is 0 Å². The molecular formula is C21H27N5O3S. The summed E-state index contributed by atoms with van der Waals surface area (Å²) in [6.07, 6.45) is 7.77. The number of rotatable bonds is 2. The number of pyridine rings is 1. The molecule has 3 heterocycles. The monoisotopic (exact) mass is 429 g/mol. The highest BCUT2D eigenvalue weighted by molar-refractivity contribution is 7.93. The SMILES string of the molecule is Cc1nn(C)c2ncc(C(=O)N=S3(=O)CCCN(C(=O)C4(C)C=CCC4)CC3)cc12. The van der Waals surface area contributed by atoms with Gasteiger partial charge >= 0.3 is 0 Å². The number of nitrogens with zero attached hydrogens (tertiary/aromatic N) is 5. The third-order valence-electron chi connectivity index (χ3n) is 6.02. The summed E-state index contributed by atoms with van der Waals surface area (Å²) < 4.78 is 19.1. The first kappa shape index (κ1) is 20.7. The molecule has 1 aliphatic carbocycles. The van der Waals surface area contributed by atoms with Crippen LogP contribution in [0.2, 0.25) is 0 Å². The van der Waals surface area contributed by atoms with Crippen LogP contribution in [0, 0.1) is 12.3 Å². The maximum Gasteiger partial charge on any atom is 0.286 e. The number of carbonyl (C=O) groups excluding carboxylic acids is 2. The second kappa shape index (κ2) is 7.61. The van der Waals surface area contributed by atoms with E-state index in [0.29, 0.717) is 36.5 Å². The van der Waals surface area contributed by atoms with Crippen LogP contribution in [-0.4, -0.2) is 60.3 Å². The smallest absolute Gasteiger partial charge is 0.286 e. The Morgan fingerprint density at radius 2 is 2.07 bits per heavy atom. The lowest BCUT2D eigenvalue weighted by molar-refractivity contribution is -0.138. The van der Waals surface area contributed by atoms with E-state index in [2.05, 4.69) is 14.4 Å². The molecule has 160 valence electrons. The van der Waals surface area contributed by atoms with Gasteiger partial charge in [-0.05, 0) is 39.2 Å². The van der Waals surface area contributed by atoms with Gasteiger partial charge in [0.15, 0.2) is 5.65 Å². The quantitative estimate of drug-likeness (QED) is 0.683. The molecule has 0 N–H and O–H groups in total. The Labute approximate surface area is 176 Å². The number of allylic oxidation sites excluding steroid dienone is 1. The van der Waals surface area contributed by atoms with Crippen molar-refractivity contribution < 1.29 is 13.8 Å². The summed E-state index contributed by atoms with van der Waals surface area (Å²) in [5.74, 6) is 0.0822. The molecular weight excluding hydrogens is 402 g/mol. The molecule has 2 aromatic heterocycles. The fourth-order valence-electron chi connectivity index (χ4n) is 4.22. The topological polar surface area (TPSA) is 97.5 Å². The molecule has 30 heavy (non-hydrogen) atoms. The minimum absolute atomic E-state index is 0.0768. The number of hydrogen-bond acceptors (Lipinski definition) is 5. The van der Waals surface area contributed by atoms with E-state index in [-0.39, 0.29) is 11.7 Å². The van der Waals surface area contributed by atoms with Gasteiger partial charge < -0.3 is 4.90 Å². The average molecular weight is 430 g/mol. The Hall–Kier alpha value is -2.55. The van der Waals surface area contributed by atoms with E-state index in [9.17, 15) is 13.8 Å². The Morgan fingerprint density at radius 3 is 2.80 bits per heavy atom. The zero-order valence-electron chi connectivity index (χ0n) is 17.6. The molecule has 4 rings (SSSR count). The van der Waals surface area contributed by atoms with E-state index in [4.69, 9.17) is 0 Å². The highest BCUT2D eigenvalue weighted by Crippen LogP contribution is 2.33. The minimum Gasteiger partial charge on any atom is -0.341 e. The van der Waals surface area contributed by atoms with E-state index in [1.165, 1.54) is 6.20 Å². The maximum absolute atomic E-state index is 13.3. The summed E-state index contributed by atoms with van der Waals surface area (Å²) in [7, 11) is -0.930. The lowest BCUT2D eigenvalue weighted by Gasteiger charge is -2.29. The van der Waals surface area contributed by atoms with Crippen LogP contribution in [0.3, 0.4) is 0 Å². The average Bonchev–Trinajstić information content (AvgIpc) is 3.21. The van der Waals surface area contributed by atoms with Crippen molar-refractivity contribution in [3.05, 3.63) is 35.7 Å². The first-order chi connectivity index (χ1) is 14.2. The highest BCUT2D eigenvalue weighted by Gasteiger charge is 2.37. The highest BCUT2D eigenvalue weighted by atomic mass is 32.2. The van der Waals surface area contributed by atoms with Gasteiger partial charge in [0, 0.05) is 43.2 Å². The molecule has 8 nitrogen and oxygen atoms in total. The van der Waals surface area contributed by atoms with E-state index >= 15 is 0 Å². The number of carbonyl (C=O) groups is 2. The number of amides is 2. The fraction of sp³-hybridized carbons (Fsp3) is 0.524. The standard InChI is InChI=1S/C21H27N5O3S/c1-15-17-13-16(14-22-18(17)25(3)23-15)19(27)24-30(29)11-6-9-26(10-12-30)20(28)21(2)7-4-5-8-21/h4,7,13-14H,5-6,8-12H2,1-3H3. The van der Waals surface area contributed by atoms with Crippen LogP contribution in [0.15, 0.2) is 28.8 Å². The van der Waals surface area contributed by atoms with Crippen molar-refractivity contribution in [1.82, 2.24) is 19.7 Å². The molecule has 2 aromatic rings. The first-order valence-corrected chi connectivity index (χ1v) is 12.1. The third-order valence-corrected chi connectivity index (χ3v) is 8.27. The van der Waals surface area contributed by atoms with Gasteiger partial charge in [0.2, 0.25) is 5.91 Å². The van der Waals surface area contributed by atoms with Gasteiger partial charge in [-0.15, -0.1) is 0 Å². The number of fused-ring (bicyclic) bond motifs is 1. The second-order valence-electron chi connectivity index (χ2n) is 8.39. The predicted octanol–water partition coefficient (Wildman–Crippen LogP) is 2.47. The second-order valence-corrected chi connectivity index (χ2v) is 10.9. The molecule has 1 saturated heterocycles.